The summed E-state index contributed by atoms with van der Waals surface area (Å²) in [6.07, 6.45) is 1.33. The van der Waals surface area contributed by atoms with Gasteiger partial charge in [-0.05, 0) is 31.2 Å². The first-order chi connectivity index (χ1) is 16.4. The fourth-order valence-electron chi connectivity index (χ4n) is 3.19. The standard InChI is InChI=1S/C24H19N5O4S/c1-16-9-11-18(12-10-16)28-23(31)20-7-2-3-8-21(20)26-24(28)34-15-22(30)27-25-14-17-5-4-6-19(13-17)29(32)33/h2-14H,15H2,1H3,(H,27,30). The quantitative estimate of drug-likeness (QED) is 0.143. The normalized spacial score (nSPS) is 11.1. The highest BCUT2D eigenvalue weighted by Gasteiger charge is 2.14. The molecule has 1 amide bonds. The van der Waals surface area contributed by atoms with Crippen LogP contribution >= 0.6 is 11.8 Å². The molecule has 9 nitrogen and oxygen atoms in total. The van der Waals surface area contributed by atoms with Gasteiger partial charge in [-0.1, -0.05) is 53.7 Å². The van der Waals surface area contributed by atoms with Crippen molar-refractivity contribution in [3.63, 3.8) is 0 Å². The molecule has 4 aromatic rings. The number of hydrogen-bond acceptors (Lipinski definition) is 7. The minimum absolute atomic E-state index is 0.0388. The summed E-state index contributed by atoms with van der Waals surface area (Å²) in [7, 11) is 0. The van der Waals surface area contributed by atoms with Gasteiger partial charge in [-0.2, -0.15) is 5.10 Å². The lowest BCUT2D eigenvalue weighted by atomic mass is 10.2. The maximum absolute atomic E-state index is 13.2. The third-order valence-electron chi connectivity index (χ3n) is 4.85. The smallest absolute Gasteiger partial charge is 0.270 e. The van der Waals surface area contributed by atoms with Gasteiger partial charge in [0.1, 0.15) is 0 Å². The van der Waals surface area contributed by atoms with E-state index in [1.165, 1.54) is 29.0 Å². The van der Waals surface area contributed by atoms with E-state index in [1.807, 2.05) is 31.2 Å². The number of nitrogens with one attached hydrogen (secondary N) is 1. The summed E-state index contributed by atoms with van der Waals surface area (Å²) in [5.41, 5.74) is 4.84. The minimum atomic E-state index is -0.503. The van der Waals surface area contributed by atoms with Crippen LogP contribution in [-0.4, -0.2) is 32.3 Å². The number of rotatable bonds is 7. The summed E-state index contributed by atoms with van der Waals surface area (Å²) < 4.78 is 1.49. The minimum Gasteiger partial charge on any atom is -0.272 e. The number of para-hydroxylation sites is 1. The van der Waals surface area contributed by atoms with Gasteiger partial charge >= 0.3 is 0 Å². The van der Waals surface area contributed by atoms with E-state index in [0.717, 1.165) is 17.3 Å². The average Bonchev–Trinajstić information content (AvgIpc) is 2.84. The number of nitrogens with zero attached hydrogens (tertiary/aromatic N) is 4. The van der Waals surface area contributed by atoms with Gasteiger partial charge in [0.05, 0.1) is 33.5 Å². The molecule has 0 saturated heterocycles. The van der Waals surface area contributed by atoms with Crippen molar-refractivity contribution in [3.8, 4) is 5.69 Å². The topological polar surface area (TPSA) is 119 Å². The molecule has 0 saturated carbocycles. The number of hydrazone groups is 1. The van der Waals surface area contributed by atoms with Gasteiger partial charge in [0.25, 0.3) is 17.2 Å². The lowest BCUT2D eigenvalue weighted by Crippen LogP contribution is -2.24. The van der Waals surface area contributed by atoms with Crippen LogP contribution in [0.1, 0.15) is 11.1 Å². The Hall–Kier alpha value is -4.31. The van der Waals surface area contributed by atoms with Gasteiger partial charge in [-0.3, -0.25) is 24.3 Å². The third-order valence-corrected chi connectivity index (χ3v) is 5.79. The van der Waals surface area contributed by atoms with Crippen molar-refractivity contribution in [2.45, 2.75) is 12.1 Å². The zero-order chi connectivity index (χ0) is 24.1. The molecule has 10 heteroatoms. The van der Waals surface area contributed by atoms with E-state index >= 15 is 0 Å². The molecule has 0 radical (unpaired) electrons. The van der Waals surface area contributed by atoms with Crippen LogP contribution in [0.5, 0.6) is 0 Å². The number of aromatic nitrogens is 2. The zero-order valence-corrected chi connectivity index (χ0v) is 18.9. The van der Waals surface area contributed by atoms with Crippen LogP contribution in [0.3, 0.4) is 0 Å². The molecule has 0 atom stereocenters. The predicted octanol–water partition coefficient (Wildman–Crippen LogP) is 3.84. The molecule has 0 aliphatic heterocycles. The molecule has 34 heavy (non-hydrogen) atoms. The zero-order valence-electron chi connectivity index (χ0n) is 18.0. The summed E-state index contributed by atoms with van der Waals surface area (Å²) in [5, 5.41) is 15.6. The van der Waals surface area contributed by atoms with E-state index in [4.69, 9.17) is 0 Å². The molecular formula is C24H19N5O4S. The number of nitro benzene ring substituents is 1. The largest absolute Gasteiger partial charge is 0.272 e. The first-order valence-electron chi connectivity index (χ1n) is 10.2. The van der Waals surface area contributed by atoms with E-state index in [2.05, 4.69) is 15.5 Å². The van der Waals surface area contributed by atoms with Crippen LogP contribution in [0, 0.1) is 17.0 Å². The van der Waals surface area contributed by atoms with Crippen molar-refractivity contribution in [3.05, 3.63) is 104 Å². The Morgan fingerprint density at radius 2 is 1.91 bits per heavy atom. The summed E-state index contributed by atoms with van der Waals surface area (Å²) in [4.78, 5) is 40.5. The maximum Gasteiger partial charge on any atom is 0.270 e. The monoisotopic (exact) mass is 473 g/mol. The van der Waals surface area contributed by atoms with E-state index < -0.39 is 10.8 Å². The molecule has 4 rings (SSSR count). The molecule has 0 fully saturated rings. The molecule has 0 spiro atoms. The molecule has 1 aromatic heterocycles. The fourth-order valence-corrected chi connectivity index (χ4v) is 4.00. The predicted molar refractivity (Wildman–Crippen MR) is 132 cm³/mol. The SMILES string of the molecule is Cc1ccc(-n2c(SCC(=O)NN=Cc3cccc([N+](=O)[O-])c3)nc3ccccc3c2=O)cc1. The number of fused-ring (bicyclic) bond motifs is 1. The van der Waals surface area contributed by atoms with Gasteiger partial charge in [-0.25, -0.2) is 10.4 Å². The van der Waals surface area contributed by atoms with Gasteiger partial charge in [0.2, 0.25) is 0 Å². The van der Waals surface area contributed by atoms with Crippen LogP contribution in [0.2, 0.25) is 0 Å². The van der Waals surface area contributed by atoms with Gasteiger partial charge in [-0.15, -0.1) is 0 Å². The first kappa shape index (κ1) is 22.9. The average molecular weight is 474 g/mol. The summed E-state index contributed by atoms with van der Waals surface area (Å²) in [6, 6.07) is 20.4. The van der Waals surface area contributed by atoms with E-state index in [-0.39, 0.29) is 17.0 Å². The maximum atomic E-state index is 13.2. The number of carbonyl (C=O) groups is 1. The molecule has 0 bridgehead atoms. The number of thioether (sulfide) groups is 1. The van der Waals surface area contributed by atoms with Crippen LogP contribution in [-0.2, 0) is 4.79 Å². The van der Waals surface area contributed by atoms with E-state index in [1.54, 1.807) is 30.3 Å². The Labute approximate surface area is 198 Å². The Balaban J connectivity index is 1.53. The number of carbonyl (C=O) groups excluding carboxylic acids is 1. The Bertz CT molecular complexity index is 1460. The molecule has 1 N–H and O–H groups in total. The highest BCUT2D eigenvalue weighted by molar-refractivity contribution is 7.99. The third kappa shape index (κ3) is 5.18. The molecule has 170 valence electrons. The second-order valence-corrected chi connectivity index (χ2v) is 8.26. The first-order valence-corrected chi connectivity index (χ1v) is 11.2. The lowest BCUT2D eigenvalue weighted by molar-refractivity contribution is -0.384. The fraction of sp³-hybridized carbons (Fsp3) is 0.0833. The molecular weight excluding hydrogens is 454 g/mol. The van der Waals surface area contributed by atoms with Gasteiger partial charge in [0, 0.05) is 17.7 Å². The molecule has 3 aromatic carbocycles. The number of non-ortho nitro benzene ring substituents is 1. The van der Waals surface area contributed by atoms with Crippen molar-refractivity contribution in [1.29, 1.82) is 0 Å². The van der Waals surface area contributed by atoms with Crippen molar-refractivity contribution in [2.24, 2.45) is 5.10 Å². The highest BCUT2D eigenvalue weighted by Crippen LogP contribution is 2.21. The summed E-state index contributed by atoms with van der Waals surface area (Å²) in [5.74, 6) is -0.451. The van der Waals surface area contributed by atoms with Crippen molar-refractivity contribution in [2.75, 3.05) is 5.75 Å². The highest BCUT2D eigenvalue weighted by atomic mass is 32.2. The number of benzene rings is 3. The number of aryl methyl sites for hydroxylation is 1. The Kier molecular flexibility index (Phi) is 6.79. The lowest BCUT2D eigenvalue weighted by Gasteiger charge is -2.13. The van der Waals surface area contributed by atoms with Crippen LogP contribution < -0.4 is 11.0 Å². The molecule has 0 unspecified atom stereocenters. The summed E-state index contributed by atoms with van der Waals surface area (Å²) in [6.45, 7) is 1.96. The van der Waals surface area contributed by atoms with Gasteiger partial charge < -0.3 is 0 Å². The van der Waals surface area contributed by atoms with Crippen LogP contribution in [0.4, 0.5) is 5.69 Å². The van der Waals surface area contributed by atoms with Crippen molar-refractivity contribution < 1.29 is 9.72 Å². The Morgan fingerprint density at radius 1 is 1.15 bits per heavy atom. The van der Waals surface area contributed by atoms with Crippen LogP contribution in [0.15, 0.2) is 87.8 Å². The molecule has 0 aliphatic carbocycles. The van der Waals surface area contributed by atoms with E-state index in [0.29, 0.717) is 27.3 Å². The van der Waals surface area contributed by atoms with Gasteiger partial charge in [0.15, 0.2) is 5.16 Å². The number of hydrogen-bond donors (Lipinski definition) is 1. The van der Waals surface area contributed by atoms with Crippen LogP contribution in [0.25, 0.3) is 16.6 Å². The molecule has 1 heterocycles. The van der Waals surface area contributed by atoms with Crippen molar-refractivity contribution >= 4 is 40.5 Å². The summed E-state index contributed by atoms with van der Waals surface area (Å²) >= 11 is 1.11. The Morgan fingerprint density at radius 3 is 2.68 bits per heavy atom. The van der Waals surface area contributed by atoms with E-state index in [9.17, 15) is 19.7 Å². The second kappa shape index (κ2) is 10.1. The number of nitro groups is 1. The van der Waals surface area contributed by atoms with Crippen molar-refractivity contribution in [1.82, 2.24) is 15.0 Å². The number of amides is 1. The second-order valence-electron chi connectivity index (χ2n) is 7.32. The molecule has 0 aliphatic rings.